The molecule has 1 rings (SSSR count). The number of carbonyl (C=O) groups excluding carboxylic acids is 1. The van der Waals surface area contributed by atoms with Gasteiger partial charge in [0.2, 0.25) is 0 Å². The Morgan fingerprint density at radius 1 is 1.11 bits per heavy atom. The molecule has 0 bridgehead atoms. The van der Waals surface area contributed by atoms with Crippen molar-refractivity contribution < 1.29 is 9.53 Å². The highest BCUT2D eigenvalue weighted by Gasteiger charge is 2.33. The van der Waals surface area contributed by atoms with Crippen molar-refractivity contribution in [3.8, 4) is 0 Å². The minimum absolute atomic E-state index is 0.0457. The number of hydrogen-bond donors (Lipinski definition) is 1. The molecule has 19 heavy (non-hydrogen) atoms. The van der Waals surface area contributed by atoms with E-state index in [1.54, 1.807) is 21.0 Å². The van der Waals surface area contributed by atoms with Gasteiger partial charge < -0.3 is 10.1 Å². The van der Waals surface area contributed by atoms with Crippen molar-refractivity contribution in [2.45, 2.75) is 46.3 Å². The van der Waals surface area contributed by atoms with E-state index in [4.69, 9.17) is 4.74 Å². The van der Waals surface area contributed by atoms with Gasteiger partial charge in [0, 0.05) is 7.11 Å². The van der Waals surface area contributed by atoms with Gasteiger partial charge in [0.05, 0.1) is 6.04 Å². The maximum absolute atomic E-state index is 12.3. The van der Waals surface area contributed by atoms with Crippen LogP contribution in [0.2, 0.25) is 0 Å². The molecule has 1 N–H and O–H groups in total. The Kier molecular flexibility index (Phi) is 4.75. The van der Waals surface area contributed by atoms with Crippen molar-refractivity contribution in [3.05, 3.63) is 35.9 Å². The summed E-state index contributed by atoms with van der Waals surface area (Å²) in [5.41, 5.74) is 0.217. The number of rotatable bonds is 4. The standard InChI is InChI=1S/C16H25NO2/c1-15(2,3)13(12-10-8-7-9-11-12)17-14(18)16(4,5)19-6/h7-11,13H,1-6H3,(H,17,18). The smallest absolute Gasteiger partial charge is 0.252 e. The van der Waals surface area contributed by atoms with Gasteiger partial charge in [-0.1, -0.05) is 51.1 Å². The predicted molar refractivity (Wildman–Crippen MR) is 77.9 cm³/mol. The van der Waals surface area contributed by atoms with Gasteiger partial charge in [-0.25, -0.2) is 0 Å². The Bertz CT molecular complexity index is 418. The monoisotopic (exact) mass is 263 g/mol. The van der Waals surface area contributed by atoms with E-state index in [1.807, 2.05) is 30.3 Å². The lowest BCUT2D eigenvalue weighted by molar-refractivity contribution is -0.141. The lowest BCUT2D eigenvalue weighted by Gasteiger charge is -2.34. The van der Waals surface area contributed by atoms with Gasteiger partial charge in [0.25, 0.3) is 5.91 Å². The second-order valence-corrected chi connectivity index (χ2v) is 6.40. The molecule has 1 unspecified atom stereocenters. The first-order chi connectivity index (χ1) is 8.68. The Labute approximate surface area is 116 Å². The van der Waals surface area contributed by atoms with E-state index < -0.39 is 5.60 Å². The molecule has 3 heteroatoms. The van der Waals surface area contributed by atoms with Gasteiger partial charge in [0.1, 0.15) is 5.60 Å². The fourth-order valence-corrected chi connectivity index (χ4v) is 1.84. The van der Waals surface area contributed by atoms with E-state index in [9.17, 15) is 4.79 Å². The topological polar surface area (TPSA) is 38.3 Å². The molecule has 1 aromatic rings. The van der Waals surface area contributed by atoms with Crippen LogP contribution in [0.1, 0.15) is 46.2 Å². The number of methoxy groups -OCH3 is 1. The molecule has 0 aliphatic carbocycles. The number of nitrogens with one attached hydrogen (secondary N) is 1. The predicted octanol–water partition coefficient (Wildman–Crippen LogP) is 3.32. The molecular formula is C16H25NO2. The first-order valence-corrected chi connectivity index (χ1v) is 6.59. The van der Waals surface area contributed by atoms with Gasteiger partial charge in [-0.15, -0.1) is 0 Å². The van der Waals surface area contributed by atoms with Crippen molar-refractivity contribution in [1.82, 2.24) is 5.32 Å². The molecule has 0 aromatic heterocycles. The van der Waals surface area contributed by atoms with E-state index >= 15 is 0 Å². The first kappa shape index (κ1) is 15.7. The molecule has 1 atom stereocenters. The van der Waals surface area contributed by atoms with Gasteiger partial charge in [-0.3, -0.25) is 4.79 Å². The Morgan fingerprint density at radius 3 is 2.05 bits per heavy atom. The molecule has 0 fully saturated rings. The van der Waals surface area contributed by atoms with Crippen molar-refractivity contribution >= 4 is 5.91 Å². The number of carbonyl (C=O) groups is 1. The average Bonchev–Trinajstić information content (AvgIpc) is 2.35. The molecule has 0 saturated carbocycles. The molecule has 0 spiro atoms. The Morgan fingerprint density at radius 2 is 1.63 bits per heavy atom. The molecule has 106 valence electrons. The summed E-state index contributed by atoms with van der Waals surface area (Å²) in [4.78, 5) is 12.3. The summed E-state index contributed by atoms with van der Waals surface area (Å²) in [7, 11) is 1.55. The van der Waals surface area contributed by atoms with E-state index in [1.165, 1.54) is 0 Å². The number of ether oxygens (including phenoxy) is 1. The third-order valence-corrected chi connectivity index (χ3v) is 3.33. The van der Waals surface area contributed by atoms with Crippen molar-refractivity contribution in [2.75, 3.05) is 7.11 Å². The van der Waals surface area contributed by atoms with Crippen LogP contribution >= 0.6 is 0 Å². The van der Waals surface area contributed by atoms with Gasteiger partial charge in [-0.2, -0.15) is 0 Å². The highest BCUT2D eigenvalue weighted by atomic mass is 16.5. The fourth-order valence-electron chi connectivity index (χ4n) is 1.84. The molecule has 3 nitrogen and oxygen atoms in total. The van der Waals surface area contributed by atoms with Crippen molar-refractivity contribution in [2.24, 2.45) is 5.41 Å². The van der Waals surface area contributed by atoms with Crippen LogP contribution < -0.4 is 5.32 Å². The summed E-state index contributed by atoms with van der Waals surface area (Å²) in [6, 6.07) is 9.98. The third-order valence-electron chi connectivity index (χ3n) is 3.33. The Balaban J connectivity index is 2.99. The van der Waals surface area contributed by atoms with Crippen LogP contribution in [0.3, 0.4) is 0 Å². The summed E-state index contributed by atoms with van der Waals surface area (Å²) >= 11 is 0. The molecule has 1 aromatic carbocycles. The van der Waals surface area contributed by atoms with Gasteiger partial charge in [0.15, 0.2) is 0 Å². The van der Waals surface area contributed by atoms with Crippen LogP contribution in [0.5, 0.6) is 0 Å². The molecule has 0 heterocycles. The van der Waals surface area contributed by atoms with E-state index in [0.717, 1.165) is 5.56 Å². The van der Waals surface area contributed by atoms with Crippen molar-refractivity contribution in [1.29, 1.82) is 0 Å². The zero-order valence-electron chi connectivity index (χ0n) is 12.8. The number of benzene rings is 1. The highest BCUT2D eigenvalue weighted by molar-refractivity contribution is 5.84. The molecule has 0 aliphatic rings. The second kappa shape index (κ2) is 5.74. The Hall–Kier alpha value is -1.35. The zero-order valence-corrected chi connectivity index (χ0v) is 12.8. The van der Waals surface area contributed by atoms with E-state index in [2.05, 4.69) is 26.1 Å². The number of amides is 1. The second-order valence-electron chi connectivity index (χ2n) is 6.40. The van der Waals surface area contributed by atoms with Gasteiger partial charge >= 0.3 is 0 Å². The molecular weight excluding hydrogens is 238 g/mol. The lowest BCUT2D eigenvalue weighted by Crippen LogP contribution is -2.47. The molecule has 0 radical (unpaired) electrons. The summed E-state index contributed by atoms with van der Waals surface area (Å²) in [6.45, 7) is 9.89. The summed E-state index contributed by atoms with van der Waals surface area (Å²) in [6.07, 6.45) is 0. The summed E-state index contributed by atoms with van der Waals surface area (Å²) < 4.78 is 5.24. The van der Waals surface area contributed by atoms with Crippen LogP contribution in [0.15, 0.2) is 30.3 Å². The molecule has 1 amide bonds. The van der Waals surface area contributed by atoms with Crippen LogP contribution in [-0.4, -0.2) is 18.6 Å². The minimum Gasteiger partial charge on any atom is -0.369 e. The average molecular weight is 263 g/mol. The minimum atomic E-state index is -0.821. The van der Waals surface area contributed by atoms with Crippen LogP contribution in [0.25, 0.3) is 0 Å². The van der Waals surface area contributed by atoms with Crippen LogP contribution in [0.4, 0.5) is 0 Å². The fraction of sp³-hybridized carbons (Fsp3) is 0.562. The summed E-state index contributed by atoms with van der Waals surface area (Å²) in [5.74, 6) is -0.0984. The SMILES string of the molecule is COC(C)(C)C(=O)NC(c1ccccc1)C(C)(C)C. The van der Waals surface area contributed by atoms with Crippen LogP contribution in [-0.2, 0) is 9.53 Å². The first-order valence-electron chi connectivity index (χ1n) is 6.59. The highest BCUT2D eigenvalue weighted by Crippen LogP contribution is 2.33. The molecule has 0 aliphatic heterocycles. The summed E-state index contributed by atoms with van der Waals surface area (Å²) in [5, 5.41) is 3.10. The van der Waals surface area contributed by atoms with Crippen LogP contribution in [0, 0.1) is 5.41 Å². The quantitative estimate of drug-likeness (QED) is 0.905. The van der Waals surface area contributed by atoms with E-state index in [-0.39, 0.29) is 17.4 Å². The molecule has 0 saturated heterocycles. The lowest BCUT2D eigenvalue weighted by atomic mass is 9.82. The van der Waals surface area contributed by atoms with E-state index in [0.29, 0.717) is 0 Å². The third kappa shape index (κ3) is 4.06. The largest absolute Gasteiger partial charge is 0.369 e. The maximum atomic E-state index is 12.3. The normalized spacial score (nSPS) is 14.0. The van der Waals surface area contributed by atoms with Crippen molar-refractivity contribution in [3.63, 3.8) is 0 Å². The zero-order chi connectivity index (χ0) is 14.7. The number of hydrogen-bond acceptors (Lipinski definition) is 2. The maximum Gasteiger partial charge on any atom is 0.252 e. The van der Waals surface area contributed by atoms with Gasteiger partial charge in [-0.05, 0) is 24.8 Å².